The predicted molar refractivity (Wildman–Crippen MR) is 95.1 cm³/mol. The Hall–Kier alpha value is -1.49. The van der Waals surface area contributed by atoms with E-state index in [0.29, 0.717) is 17.9 Å². The van der Waals surface area contributed by atoms with Crippen LogP contribution in [-0.4, -0.2) is 38.3 Å². The van der Waals surface area contributed by atoms with Crippen molar-refractivity contribution < 1.29 is 14.3 Å². The lowest BCUT2D eigenvalue weighted by Gasteiger charge is -2.44. The van der Waals surface area contributed by atoms with Gasteiger partial charge in [0.2, 0.25) is 6.79 Å². The van der Waals surface area contributed by atoms with Crippen LogP contribution in [0.3, 0.4) is 0 Å². The standard InChI is InChI=1S/C19H25NO3Si/c1-24(2,3)18-15-13(9-14-17(18)23-10-22-14)12-6-4-5-11-7-8-20(16(11)12)19(15)21/h9,11-12,16H,4-8,10H2,1-3H3/t11-,12+,16+/m1/s1. The fourth-order valence-corrected chi connectivity index (χ4v) is 7.41. The Balaban J connectivity index is 1.79. The van der Waals surface area contributed by atoms with Crippen molar-refractivity contribution in [3.63, 3.8) is 0 Å². The molecule has 1 saturated carbocycles. The van der Waals surface area contributed by atoms with Crippen molar-refractivity contribution in [1.82, 2.24) is 4.90 Å². The summed E-state index contributed by atoms with van der Waals surface area (Å²) in [5.74, 6) is 3.16. The third kappa shape index (κ3) is 1.82. The van der Waals surface area contributed by atoms with Gasteiger partial charge < -0.3 is 14.4 Å². The minimum Gasteiger partial charge on any atom is -0.454 e. The average molecular weight is 343 g/mol. The van der Waals surface area contributed by atoms with E-state index >= 15 is 0 Å². The van der Waals surface area contributed by atoms with Crippen LogP contribution in [0.4, 0.5) is 0 Å². The number of hydrogen-bond acceptors (Lipinski definition) is 3. The second kappa shape index (κ2) is 4.78. The minimum absolute atomic E-state index is 0.256. The van der Waals surface area contributed by atoms with Gasteiger partial charge >= 0.3 is 0 Å². The van der Waals surface area contributed by atoms with Crippen LogP contribution in [-0.2, 0) is 0 Å². The first kappa shape index (κ1) is 14.8. The fraction of sp³-hybridized carbons (Fsp3) is 0.632. The van der Waals surface area contributed by atoms with E-state index in [1.807, 2.05) is 0 Å². The molecule has 1 amide bonds. The van der Waals surface area contributed by atoms with Crippen molar-refractivity contribution in [2.75, 3.05) is 13.3 Å². The predicted octanol–water partition coefficient (Wildman–Crippen LogP) is 3.07. The normalized spacial score (nSPS) is 30.4. The summed E-state index contributed by atoms with van der Waals surface area (Å²) >= 11 is 0. The molecule has 5 heteroatoms. The third-order valence-electron chi connectivity index (χ3n) is 6.40. The molecular weight excluding hydrogens is 318 g/mol. The van der Waals surface area contributed by atoms with Gasteiger partial charge in [-0.3, -0.25) is 4.79 Å². The van der Waals surface area contributed by atoms with Gasteiger partial charge in [0.15, 0.2) is 11.5 Å². The molecule has 0 radical (unpaired) electrons. The molecule has 1 aliphatic carbocycles. The first-order chi connectivity index (χ1) is 11.5. The number of ether oxygens (including phenoxy) is 2. The van der Waals surface area contributed by atoms with Crippen molar-refractivity contribution in [2.24, 2.45) is 5.92 Å². The summed E-state index contributed by atoms with van der Waals surface area (Å²) in [5, 5.41) is 1.19. The summed E-state index contributed by atoms with van der Waals surface area (Å²) in [7, 11) is -1.75. The van der Waals surface area contributed by atoms with E-state index in [9.17, 15) is 4.79 Å². The lowest BCUT2D eigenvalue weighted by atomic mass is 9.71. The zero-order chi connectivity index (χ0) is 16.6. The molecule has 0 N–H and O–H groups in total. The fourth-order valence-electron chi connectivity index (χ4n) is 5.53. The lowest BCUT2D eigenvalue weighted by molar-refractivity contribution is 0.0620. The van der Waals surface area contributed by atoms with E-state index in [-0.39, 0.29) is 12.7 Å². The number of hydrogen-bond donors (Lipinski definition) is 0. The zero-order valence-corrected chi connectivity index (χ0v) is 15.7. The molecule has 1 saturated heterocycles. The number of benzene rings is 1. The molecule has 1 aromatic carbocycles. The van der Waals surface area contributed by atoms with Crippen molar-refractivity contribution in [2.45, 2.75) is 57.3 Å². The van der Waals surface area contributed by atoms with E-state index < -0.39 is 8.07 Å². The maximum Gasteiger partial charge on any atom is 0.254 e. The van der Waals surface area contributed by atoms with Crippen molar-refractivity contribution >= 4 is 19.2 Å². The Morgan fingerprint density at radius 2 is 2.00 bits per heavy atom. The monoisotopic (exact) mass is 343 g/mol. The van der Waals surface area contributed by atoms with Crippen molar-refractivity contribution in [1.29, 1.82) is 0 Å². The number of carbonyl (C=O) groups excluding carboxylic acids is 1. The first-order valence-electron chi connectivity index (χ1n) is 9.25. The molecular formula is C19H25NO3Si. The average Bonchev–Trinajstić information content (AvgIpc) is 3.16. The molecule has 0 bridgehead atoms. The summed E-state index contributed by atoms with van der Waals surface area (Å²) < 4.78 is 11.6. The first-order valence-corrected chi connectivity index (χ1v) is 12.7. The van der Waals surface area contributed by atoms with Crippen LogP contribution in [0.15, 0.2) is 6.07 Å². The van der Waals surface area contributed by atoms with Crippen molar-refractivity contribution in [3.8, 4) is 11.5 Å². The van der Waals surface area contributed by atoms with Gasteiger partial charge in [-0.05, 0) is 42.0 Å². The Morgan fingerprint density at radius 3 is 2.79 bits per heavy atom. The van der Waals surface area contributed by atoms with Crippen LogP contribution in [0.1, 0.15) is 47.5 Å². The van der Waals surface area contributed by atoms with Gasteiger partial charge in [-0.15, -0.1) is 0 Å². The maximum atomic E-state index is 13.4. The topological polar surface area (TPSA) is 38.8 Å². The molecule has 128 valence electrons. The molecule has 0 unspecified atom stereocenters. The van der Waals surface area contributed by atoms with E-state index in [0.717, 1.165) is 23.6 Å². The smallest absolute Gasteiger partial charge is 0.254 e. The van der Waals surface area contributed by atoms with Gasteiger partial charge in [-0.2, -0.15) is 0 Å². The summed E-state index contributed by atoms with van der Waals surface area (Å²) in [6, 6.07) is 2.57. The summed E-state index contributed by atoms with van der Waals surface area (Å²) in [6.45, 7) is 8.13. The zero-order valence-electron chi connectivity index (χ0n) is 14.7. The number of fused-ring (bicyclic) bond motifs is 3. The van der Waals surface area contributed by atoms with E-state index in [1.165, 1.54) is 36.4 Å². The molecule has 3 aliphatic heterocycles. The largest absolute Gasteiger partial charge is 0.454 e. The van der Waals surface area contributed by atoms with E-state index in [2.05, 4.69) is 30.6 Å². The lowest BCUT2D eigenvalue weighted by Crippen LogP contribution is -2.53. The second-order valence-corrected chi connectivity index (χ2v) is 13.8. The molecule has 4 nitrogen and oxygen atoms in total. The Morgan fingerprint density at radius 1 is 1.17 bits per heavy atom. The number of carbonyl (C=O) groups is 1. The van der Waals surface area contributed by atoms with Crippen LogP contribution in [0, 0.1) is 5.92 Å². The Labute approximate surface area is 144 Å². The van der Waals surface area contributed by atoms with Gasteiger partial charge in [0.25, 0.3) is 5.91 Å². The number of rotatable bonds is 1. The molecule has 3 heterocycles. The van der Waals surface area contributed by atoms with Gasteiger partial charge in [0.1, 0.15) is 0 Å². The highest BCUT2D eigenvalue weighted by Gasteiger charge is 2.51. The molecule has 5 rings (SSSR count). The molecule has 3 atom stereocenters. The molecule has 0 aromatic heterocycles. The molecule has 2 fully saturated rings. The number of nitrogens with zero attached hydrogens (tertiary/aromatic N) is 1. The van der Waals surface area contributed by atoms with Crippen LogP contribution >= 0.6 is 0 Å². The van der Waals surface area contributed by atoms with Crippen LogP contribution in [0.5, 0.6) is 11.5 Å². The van der Waals surface area contributed by atoms with Gasteiger partial charge in [0.05, 0.1) is 8.07 Å². The highest BCUT2D eigenvalue weighted by molar-refractivity contribution is 6.90. The van der Waals surface area contributed by atoms with Gasteiger partial charge in [0, 0.05) is 24.1 Å². The summed E-state index contributed by atoms with van der Waals surface area (Å²) in [4.78, 5) is 15.6. The van der Waals surface area contributed by atoms with Gasteiger partial charge in [-0.25, -0.2) is 0 Å². The highest BCUT2D eigenvalue weighted by Crippen LogP contribution is 2.51. The third-order valence-corrected chi connectivity index (χ3v) is 8.38. The molecule has 0 spiro atoms. The molecule has 1 aromatic rings. The molecule has 24 heavy (non-hydrogen) atoms. The quantitative estimate of drug-likeness (QED) is 0.736. The van der Waals surface area contributed by atoms with Crippen molar-refractivity contribution in [3.05, 3.63) is 17.2 Å². The highest BCUT2D eigenvalue weighted by atomic mass is 28.3. The Kier molecular flexibility index (Phi) is 2.95. The van der Waals surface area contributed by atoms with E-state index in [4.69, 9.17) is 9.47 Å². The second-order valence-electron chi connectivity index (χ2n) is 8.77. The summed E-state index contributed by atoms with van der Waals surface area (Å²) in [5.41, 5.74) is 2.23. The SMILES string of the molecule is C[Si](C)(C)c1c2c(cc3c1C(=O)N1CC[C@H]4CCC[C@@H]3[C@H]41)OCO2. The van der Waals surface area contributed by atoms with Crippen LogP contribution < -0.4 is 14.7 Å². The Bertz CT molecular complexity index is 739. The summed E-state index contributed by atoms with van der Waals surface area (Å²) in [6.07, 6.45) is 4.94. The number of amides is 1. The van der Waals surface area contributed by atoms with Gasteiger partial charge in [-0.1, -0.05) is 26.1 Å². The van der Waals surface area contributed by atoms with E-state index in [1.54, 1.807) is 0 Å². The minimum atomic E-state index is -1.75. The van der Waals surface area contributed by atoms with Crippen LogP contribution in [0.2, 0.25) is 19.6 Å². The molecule has 4 aliphatic rings. The van der Waals surface area contributed by atoms with Crippen LogP contribution in [0.25, 0.3) is 0 Å². The maximum absolute atomic E-state index is 13.4.